The van der Waals surface area contributed by atoms with Gasteiger partial charge in [-0.2, -0.15) is 8.78 Å². The van der Waals surface area contributed by atoms with Crippen molar-refractivity contribution >= 4 is 0 Å². The highest BCUT2D eigenvalue weighted by Crippen LogP contribution is 2.34. The van der Waals surface area contributed by atoms with Crippen LogP contribution in [0.1, 0.15) is 31.4 Å². The summed E-state index contributed by atoms with van der Waals surface area (Å²) in [6, 6.07) is 4.68. The Morgan fingerprint density at radius 1 is 1.29 bits per heavy atom. The molecule has 0 saturated carbocycles. The van der Waals surface area contributed by atoms with E-state index in [-0.39, 0.29) is 12.1 Å². The number of alkyl halides is 2. The van der Waals surface area contributed by atoms with Gasteiger partial charge in [0.15, 0.2) is 0 Å². The van der Waals surface area contributed by atoms with Crippen LogP contribution in [0.3, 0.4) is 0 Å². The van der Waals surface area contributed by atoms with E-state index in [1.54, 1.807) is 12.1 Å². The van der Waals surface area contributed by atoms with Gasteiger partial charge < -0.3 is 5.32 Å². The van der Waals surface area contributed by atoms with Crippen molar-refractivity contribution in [1.29, 1.82) is 0 Å². The van der Waals surface area contributed by atoms with Crippen LogP contribution in [0.25, 0.3) is 0 Å². The SMILES string of the molecule is FC(F)(CCC1CCNCC1)c1ccccn1. The Hall–Kier alpha value is -1.03. The van der Waals surface area contributed by atoms with Gasteiger partial charge in [0.25, 0.3) is 5.92 Å². The first-order valence-corrected chi connectivity index (χ1v) is 6.18. The molecule has 0 spiro atoms. The second-order valence-corrected chi connectivity index (χ2v) is 4.65. The lowest BCUT2D eigenvalue weighted by atomic mass is 9.91. The lowest BCUT2D eigenvalue weighted by molar-refractivity contribution is -0.0245. The third-order valence-corrected chi connectivity index (χ3v) is 3.36. The minimum atomic E-state index is -2.79. The van der Waals surface area contributed by atoms with Gasteiger partial charge >= 0.3 is 0 Å². The summed E-state index contributed by atoms with van der Waals surface area (Å²) in [5.41, 5.74) is -0.103. The van der Waals surface area contributed by atoms with Crippen molar-refractivity contribution in [2.24, 2.45) is 5.92 Å². The molecule has 2 heterocycles. The van der Waals surface area contributed by atoms with Gasteiger partial charge in [-0.15, -0.1) is 0 Å². The van der Waals surface area contributed by atoms with Crippen molar-refractivity contribution in [1.82, 2.24) is 10.3 Å². The van der Waals surface area contributed by atoms with Gasteiger partial charge in [0.05, 0.1) is 0 Å². The summed E-state index contributed by atoms with van der Waals surface area (Å²) < 4.78 is 27.7. The minimum Gasteiger partial charge on any atom is -0.317 e. The van der Waals surface area contributed by atoms with E-state index in [9.17, 15) is 8.78 Å². The van der Waals surface area contributed by atoms with Crippen molar-refractivity contribution < 1.29 is 8.78 Å². The lowest BCUT2D eigenvalue weighted by Crippen LogP contribution is -2.28. The highest BCUT2D eigenvalue weighted by Gasteiger charge is 2.33. The summed E-state index contributed by atoms with van der Waals surface area (Å²) in [6.45, 7) is 1.92. The molecule has 0 atom stereocenters. The van der Waals surface area contributed by atoms with Crippen LogP contribution in [0.15, 0.2) is 24.4 Å². The van der Waals surface area contributed by atoms with Gasteiger partial charge in [0, 0.05) is 12.6 Å². The van der Waals surface area contributed by atoms with Crippen LogP contribution in [-0.4, -0.2) is 18.1 Å². The third-order valence-electron chi connectivity index (χ3n) is 3.36. The van der Waals surface area contributed by atoms with Crippen molar-refractivity contribution in [2.75, 3.05) is 13.1 Å². The molecule has 0 bridgehead atoms. The topological polar surface area (TPSA) is 24.9 Å². The summed E-state index contributed by atoms with van der Waals surface area (Å²) >= 11 is 0. The van der Waals surface area contributed by atoms with Crippen molar-refractivity contribution in [3.05, 3.63) is 30.1 Å². The molecule has 2 rings (SSSR count). The molecule has 0 unspecified atom stereocenters. The smallest absolute Gasteiger partial charge is 0.289 e. The zero-order valence-corrected chi connectivity index (χ0v) is 9.83. The molecule has 2 nitrogen and oxygen atoms in total. The number of rotatable bonds is 4. The van der Waals surface area contributed by atoms with E-state index in [0.29, 0.717) is 12.3 Å². The second kappa shape index (κ2) is 5.54. The molecule has 1 aromatic heterocycles. The summed E-state index contributed by atoms with van der Waals surface area (Å²) in [5, 5.41) is 3.24. The van der Waals surface area contributed by atoms with Crippen LogP contribution in [0, 0.1) is 5.92 Å². The van der Waals surface area contributed by atoms with Crippen LogP contribution >= 0.6 is 0 Å². The quantitative estimate of drug-likeness (QED) is 0.875. The van der Waals surface area contributed by atoms with Crippen molar-refractivity contribution in [3.63, 3.8) is 0 Å². The molecule has 4 heteroatoms. The number of hydrogen-bond donors (Lipinski definition) is 1. The highest BCUT2D eigenvalue weighted by molar-refractivity contribution is 5.09. The molecule has 0 aliphatic carbocycles. The van der Waals surface area contributed by atoms with Crippen molar-refractivity contribution in [3.8, 4) is 0 Å². The molecule has 0 radical (unpaired) electrons. The average molecular weight is 240 g/mol. The summed E-state index contributed by atoms with van der Waals surface area (Å²) in [6.07, 6.45) is 3.95. The van der Waals surface area contributed by atoms with E-state index in [2.05, 4.69) is 10.3 Å². The summed E-state index contributed by atoms with van der Waals surface area (Å²) in [4.78, 5) is 3.75. The van der Waals surface area contributed by atoms with Gasteiger partial charge in [-0.1, -0.05) is 6.07 Å². The lowest BCUT2D eigenvalue weighted by Gasteiger charge is -2.24. The monoisotopic (exact) mass is 240 g/mol. The van der Waals surface area contributed by atoms with E-state index < -0.39 is 5.92 Å². The molecule has 0 amide bonds. The van der Waals surface area contributed by atoms with Gasteiger partial charge in [-0.3, -0.25) is 4.98 Å². The zero-order valence-electron chi connectivity index (χ0n) is 9.83. The van der Waals surface area contributed by atoms with Gasteiger partial charge in [-0.25, -0.2) is 0 Å². The van der Waals surface area contributed by atoms with E-state index in [1.807, 2.05) is 0 Å². The maximum atomic E-state index is 13.8. The van der Waals surface area contributed by atoms with Gasteiger partial charge in [0.1, 0.15) is 5.69 Å². The first-order valence-electron chi connectivity index (χ1n) is 6.18. The fourth-order valence-corrected chi connectivity index (χ4v) is 2.26. The fraction of sp³-hybridized carbons (Fsp3) is 0.615. The Morgan fingerprint density at radius 2 is 2.06 bits per heavy atom. The second-order valence-electron chi connectivity index (χ2n) is 4.65. The Bertz CT molecular complexity index is 335. The first kappa shape index (κ1) is 12.4. The molecule has 1 aromatic rings. The van der Waals surface area contributed by atoms with Gasteiger partial charge in [-0.05, 0) is 50.4 Å². The number of piperidine rings is 1. The minimum absolute atomic E-state index is 0.0886. The summed E-state index contributed by atoms with van der Waals surface area (Å²) in [5.74, 6) is -2.35. The third kappa shape index (κ3) is 3.46. The van der Waals surface area contributed by atoms with Crippen LogP contribution in [0.5, 0.6) is 0 Å². The van der Waals surface area contributed by atoms with E-state index >= 15 is 0 Å². The van der Waals surface area contributed by atoms with Gasteiger partial charge in [0.2, 0.25) is 0 Å². The molecule has 1 aliphatic heterocycles. The molecule has 94 valence electrons. The average Bonchev–Trinajstić information content (AvgIpc) is 2.39. The van der Waals surface area contributed by atoms with Crippen LogP contribution in [0.2, 0.25) is 0 Å². The van der Waals surface area contributed by atoms with Crippen molar-refractivity contribution in [2.45, 2.75) is 31.6 Å². The number of halogens is 2. The Morgan fingerprint density at radius 3 is 2.71 bits per heavy atom. The largest absolute Gasteiger partial charge is 0.317 e. The molecular weight excluding hydrogens is 222 g/mol. The molecule has 1 fully saturated rings. The Balaban J connectivity index is 1.88. The number of nitrogens with zero attached hydrogens (tertiary/aromatic N) is 1. The molecule has 1 aliphatic rings. The molecule has 1 saturated heterocycles. The molecule has 17 heavy (non-hydrogen) atoms. The molecular formula is C13H18F2N2. The maximum Gasteiger partial charge on any atom is 0.289 e. The normalized spacial score (nSPS) is 18.2. The predicted octanol–water partition coefficient (Wildman–Crippen LogP) is 2.95. The Labute approximate surface area is 100 Å². The maximum absolute atomic E-state index is 13.8. The zero-order chi connectivity index (χ0) is 12.1. The van der Waals surface area contributed by atoms with Crippen LogP contribution in [0.4, 0.5) is 8.78 Å². The van der Waals surface area contributed by atoms with E-state index in [1.165, 1.54) is 12.3 Å². The van der Waals surface area contributed by atoms with E-state index in [4.69, 9.17) is 0 Å². The fourth-order valence-electron chi connectivity index (χ4n) is 2.26. The number of aromatic nitrogens is 1. The molecule has 0 aromatic carbocycles. The summed E-state index contributed by atoms with van der Waals surface area (Å²) in [7, 11) is 0. The van der Waals surface area contributed by atoms with E-state index in [0.717, 1.165) is 25.9 Å². The number of nitrogens with one attached hydrogen (secondary N) is 1. The Kier molecular flexibility index (Phi) is 4.05. The highest BCUT2D eigenvalue weighted by atomic mass is 19.3. The first-order chi connectivity index (χ1) is 8.18. The standard InChI is InChI=1S/C13H18F2N2/c14-13(15,12-3-1-2-8-17-12)7-4-11-5-9-16-10-6-11/h1-3,8,11,16H,4-7,9-10H2. The van der Waals surface area contributed by atoms with Crippen LogP contribution in [-0.2, 0) is 5.92 Å². The predicted molar refractivity (Wildman–Crippen MR) is 63.0 cm³/mol. The number of pyridine rings is 1. The van der Waals surface area contributed by atoms with Crippen LogP contribution < -0.4 is 5.32 Å². The number of hydrogen-bond acceptors (Lipinski definition) is 2. The molecule has 1 N–H and O–H groups in total.